The molecular weight excluding hydrogens is 302 g/mol. The van der Waals surface area contributed by atoms with Crippen LogP contribution >= 0.6 is 27.5 Å². The van der Waals surface area contributed by atoms with Gasteiger partial charge in [-0.15, -0.1) is 0 Å². The molecule has 1 heterocycles. The Morgan fingerprint density at radius 2 is 2.00 bits per heavy atom. The van der Waals surface area contributed by atoms with Crippen LogP contribution in [0.1, 0.15) is 11.4 Å². The Balaban J connectivity index is 2.09. The molecule has 2 rings (SSSR count). The lowest BCUT2D eigenvalue weighted by Crippen LogP contribution is -2.05. The smallest absolute Gasteiger partial charge is 0.0739 e. The van der Waals surface area contributed by atoms with Crippen LogP contribution < -0.4 is 5.32 Å². The van der Waals surface area contributed by atoms with Crippen LogP contribution in [0.4, 0.5) is 5.69 Å². The van der Waals surface area contributed by atoms with Crippen LogP contribution in [0, 0.1) is 6.92 Å². The van der Waals surface area contributed by atoms with Crippen LogP contribution in [0.15, 0.2) is 28.7 Å². The summed E-state index contributed by atoms with van der Waals surface area (Å²) in [5.74, 6) is 0. The van der Waals surface area contributed by atoms with E-state index in [0.29, 0.717) is 0 Å². The summed E-state index contributed by atoms with van der Waals surface area (Å²) in [6.07, 6.45) is 0. The van der Waals surface area contributed by atoms with Crippen molar-refractivity contribution in [2.75, 3.05) is 5.32 Å². The molecule has 0 atom stereocenters. The predicted molar refractivity (Wildman–Crippen MR) is 74.4 cm³/mol. The molecule has 3 nitrogen and oxygen atoms in total. The summed E-state index contributed by atoms with van der Waals surface area (Å²) in [7, 11) is 1.94. The zero-order chi connectivity index (χ0) is 12.4. The third-order valence-corrected chi connectivity index (χ3v) is 3.85. The Kier molecular flexibility index (Phi) is 3.74. The molecule has 2 aromatic rings. The molecule has 90 valence electrons. The van der Waals surface area contributed by atoms with Gasteiger partial charge in [0.1, 0.15) is 0 Å². The van der Waals surface area contributed by atoms with Crippen molar-refractivity contribution in [2.24, 2.45) is 7.05 Å². The van der Waals surface area contributed by atoms with Crippen molar-refractivity contribution in [3.8, 4) is 0 Å². The Morgan fingerprint density at radius 3 is 2.53 bits per heavy atom. The van der Waals surface area contributed by atoms with Crippen molar-refractivity contribution in [2.45, 2.75) is 13.5 Å². The SMILES string of the molecule is Cc1nn(C)c(CNc2ccc(Cl)cc2)c1Br. The summed E-state index contributed by atoms with van der Waals surface area (Å²) in [4.78, 5) is 0. The molecule has 5 heteroatoms. The van der Waals surface area contributed by atoms with E-state index in [1.54, 1.807) is 0 Å². The Morgan fingerprint density at radius 1 is 1.35 bits per heavy atom. The fourth-order valence-corrected chi connectivity index (χ4v) is 2.23. The number of aromatic nitrogens is 2. The van der Waals surface area contributed by atoms with E-state index in [0.717, 1.165) is 33.1 Å². The minimum Gasteiger partial charge on any atom is -0.379 e. The summed E-state index contributed by atoms with van der Waals surface area (Å²) in [6, 6.07) is 7.65. The quantitative estimate of drug-likeness (QED) is 0.935. The molecule has 0 aliphatic carbocycles. The van der Waals surface area contributed by atoms with Gasteiger partial charge in [-0.3, -0.25) is 4.68 Å². The molecule has 0 saturated heterocycles. The molecule has 0 fully saturated rings. The summed E-state index contributed by atoms with van der Waals surface area (Å²) in [6.45, 7) is 2.70. The summed E-state index contributed by atoms with van der Waals surface area (Å²) in [5.41, 5.74) is 3.16. The van der Waals surface area contributed by atoms with Gasteiger partial charge in [0.2, 0.25) is 0 Å². The summed E-state index contributed by atoms with van der Waals surface area (Å²) in [5, 5.41) is 8.42. The van der Waals surface area contributed by atoms with Crippen molar-refractivity contribution >= 4 is 33.2 Å². The van der Waals surface area contributed by atoms with Crippen molar-refractivity contribution in [3.05, 3.63) is 45.1 Å². The number of nitrogens with one attached hydrogen (secondary N) is 1. The maximum absolute atomic E-state index is 5.83. The molecule has 1 aromatic heterocycles. The first-order chi connectivity index (χ1) is 8.08. The minimum atomic E-state index is 0.722. The van der Waals surface area contributed by atoms with Crippen molar-refractivity contribution < 1.29 is 0 Å². The number of anilines is 1. The Bertz CT molecular complexity index is 519. The van der Waals surface area contributed by atoms with Crippen LogP contribution in [0.2, 0.25) is 5.02 Å². The van der Waals surface area contributed by atoms with Gasteiger partial charge in [-0.05, 0) is 47.1 Å². The Hall–Kier alpha value is -1.000. The van der Waals surface area contributed by atoms with E-state index in [1.165, 1.54) is 0 Å². The van der Waals surface area contributed by atoms with E-state index in [-0.39, 0.29) is 0 Å². The van der Waals surface area contributed by atoms with E-state index >= 15 is 0 Å². The molecule has 0 aliphatic rings. The lowest BCUT2D eigenvalue weighted by molar-refractivity contribution is 0.712. The van der Waals surface area contributed by atoms with Crippen LogP contribution in [0.25, 0.3) is 0 Å². The molecule has 0 unspecified atom stereocenters. The van der Waals surface area contributed by atoms with Gasteiger partial charge in [0, 0.05) is 17.8 Å². The second-order valence-corrected chi connectivity index (χ2v) is 5.06. The van der Waals surface area contributed by atoms with E-state index in [9.17, 15) is 0 Å². The number of aryl methyl sites for hydroxylation is 2. The van der Waals surface area contributed by atoms with Crippen molar-refractivity contribution in [1.29, 1.82) is 0 Å². The molecule has 1 aromatic carbocycles. The van der Waals surface area contributed by atoms with Crippen molar-refractivity contribution in [1.82, 2.24) is 9.78 Å². The summed E-state index contributed by atoms with van der Waals surface area (Å²) < 4.78 is 2.93. The van der Waals surface area contributed by atoms with Gasteiger partial charge in [-0.25, -0.2) is 0 Å². The predicted octanol–water partition coefficient (Wildman–Crippen LogP) is 3.76. The number of rotatable bonds is 3. The Labute approximate surface area is 114 Å². The van der Waals surface area contributed by atoms with Gasteiger partial charge in [-0.2, -0.15) is 5.10 Å². The highest BCUT2D eigenvalue weighted by atomic mass is 79.9. The highest BCUT2D eigenvalue weighted by molar-refractivity contribution is 9.10. The lowest BCUT2D eigenvalue weighted by Gasteiger charge is -2.07. The van der Waals surface area contributed by atoms with Gasteiger partial charge < -0.3 is 5.32 Å². The fraction of sp³-hybridized carbons (Fsp3) is 0.250. The second-order valence-electron chi connectivity index (χ2n) is 3.83. The second kappa shape index (κ2) is 5.10. The van der Waals surface area contributed by atoms with Gasteiger partial charge in [0.05, 0.1) is 22.4 Å². The topological polar surface area (TPSA) is 29.9 Å². The first-order valence-electron chi connectivity index (χ1n) is 5.25. The number of benzene rings is 1. The molecule has 0 spiro atoms. The highest BCUT2D eigenvalue weighted by Crippen LogP contribution is 2.21. The average Bonchev–Trinajstić information content (AvgIpc) is 2.54. The standard InChI is InChI=1S/C12H13BrClN3/c1-8-12(13)11(17(2)16-8)7-15-10-5-3-9(14)4-6-10/h3-6,15H,7H2,1-2H3. The maximum atomic E-state index is 5.83. The number of hydrogen-bond donors (Lipinski definition) is 1. The molecule has 17 heavy (non-hydrogen) atoms. The van der Waals surface area contributed by atoms with E-state index in [1.807, 2.05) is 42.9 Å². The van der Waals surface area contributed by atoms with E-state index < -0.39 is 0 Å². The number of nitrogens with zero attached hydrogens (tertiary/aromatic N) is 2. The van der Waals surface area contributed by atoms with Gasteiger partial charge >= 0.3 is 0 Å². The molecular formula is C12H13BrClN3. The van der Waals surface area contributed by atoms with Gasteiger partial charge in [0.25, 0.3) is 0 Å². The van der Waals surface area contributed by atoms with Crippen LogP contribution in [-0.4, -0.2) is 9.78 Å². The fourth-order valence-electron chi connectivity index (χ4n) is 1.63. The van der Waals surface area contributed by atoms with Crippen molar-refractivity contribution in [3.63, 3.8) is 0 Å². The summed E-state index contributed by atoms with van der Waals surface area (Å²) >= 11 is 9.37. The van der Waals surface area contributed by atoms with E-state index in [4.69, 9.17) is 11.6 Å². The third-order valence-electron chi connectivity index (χ3n) is 2.57. The zero-order valence-corrected chi connectivity index (χ0v) is 12.0. The first kappa shape index (κ1) is 12.5. The lowest BCUT2D eigenvalue weighted by atomic mass is 10.3. The molecule has 0 radical (unpaired) electrons. The van der Waals surface area contributed by atoms with Crippen LogP contribution in [0.5, 0.6) is 0 Å². The van der Waals surface area contributed by atoms with Crippen LogP contribution in [-0.2, 0) is 13.6 Å². The highest BCUT2D eigenvalue weighted by Gasteiger charge is 2.09. The normalized spacial score (nSPS) is 10.6. The molecule has 0 aliphatic heterocycles. The minimum absolute atomic E-state index is 0.722. The first-order valence-corrected chi connectivity index (χ1v) is 6.42. The number of halogens is 2. The van der Waals surface area contributed by atoms with E-state index in [2.05, 4.69) is 26.3 Å². The third kappa shape index (κ3) is 2.82. The molecule has 0 saturated carbocycles. The largest absolute Gasteiger partial charge is 0.379 e. The molecule has 0 bridgehead atoms. The van der Waals surface area contributed by atoms with Gasteiger partial charge in [-0.1, -0.05) is 11.6 Å². The monoisotopic (exact) mass is 313 g/mol. The van der Waals surface area contributed by atoms with Gasteiger partial charge in [0.15, 0.2) is 0 Å². The van der Waals surface area contributed by atoms with Crippen LogP contribution in [0.3, 0.4) is 0 Å². The molecule has 0 amide bonds. The number of hydrogen-bond acceptors (Lipinski definition) is 2. The zero-order valence-electron chi connectivity index (χ0n) is 9.67. The maximum Gasteiger partial charge on any atom is 0.0739 e. The molecule has 1 N–H and O–H groups in total. The average molecular weight is 315 g/mol.